The van der Waals surface area contributed by atoms with Gasteiger partial charge in [0.05, 0.1) is 13.0 Å². The summed E-state index contributed by atoms with van der Waals surface area (Å²) in [4.78, 5) is 14.8. The maximum absolute atomic E-state index is 10.6. The first-order chi connectivity index (χ1) is 10.1. The van der Waals surface area contributed by atoms with E-state index in [1.54, 1.807) is 42.2 Å². The van der Waals surface area contributed by atoms with Gasteiger partial charge in [-0.3, -0.25) is 4.79 Å². The van der Waals surface area contributed by atoms with Gasteiger partial charge in [0, 0.05) is 16.4 Å². The third-order valence-electron chi connectivity index (χ3n) is 2.59. The molecule has 0 unspecified atom stereocenters. The Balaban J connectivity index is 1.76. The third kappa shape index (κ3) is 5.40. The number of pyridine rings is 1. The summed E-state index contributed by atoms with van der Waals surface area (Å²) < 4.78 is 6.60. The summed E-state index contributed by atoms with van der Waals surface area (Å²) in [7, 11) is 0. The molecule has 0 spiro atoms. The van der Waals surface area contributed by atoms with E-state index in [0.717, 1.165) is 26.6 Å². The fourth-order valence-corrected chi connectivity index (χ4v) is 2.95. The smallest absolute Gasteiger partial charge is 0.307 e. The number of aliphatic carboxylic acids is 1. The lowest BCUT2D eigenvalue weighted by molar-refractivity contribution is -0.136. The zero-order valence-electron chi connectivity index (χ0n) is 11.2. The van der Waals surface area contributed by atoms with Crippen LogP contribution in [0.1, 0.15) is 5.56 Å². The minimum absolute atomic E-state index is 0.0316. The van der Waals surface area contributed by atoms with E-state index in [9.17, 15) is 4.79 Å². The number of benzene rings is 1. The Morgan fingerprint density at radius 3 is 2.71 bits per heavy atom. The normalized spacial score (nSPS) is 10.3. The average Bonchev–Trinajstić information content (AvgIpc) is 2.46. The van der Waals surface area contributed by atoms with Crippen molar-refractivity contribution >= 4 is 33.7 Å². The van der Waals surface area contributed by atoms with E-state index >= 15 is 0 Å². The van der Waals surface area contributed by atoms with E-state index in [4.69, 9.17) is 9.84 Å². The zero-order valence-corrected chi connectivity index (χ0v) is 13.6. The van der Waals surface area contributed by atoms with Crippen LogP contribution >= 0.6 is 27.7 Å². The number of thioether (sulfide) groups is 1. The van der Waals surface area contributed by atoms with Crippen LogP contribution < -0.4 is 4.74 Å². The quantitative estimate of drug-likeness (QED) is 0.597. The van der Waals surface area contributed by atoms with Gasteiger partial charge in [0.25, 0.3) is 0 Å². The van der Waals surface area contributed by atoms with E-state index < -0.39 is 5.97 Å². The standard InChI is InChI=1S/C15H14BrNO3S/c16-13-2-1-7-17-15(13)21-9-8-20-12-5-3-11(4-6-12)10-14(18)19/h1-7H,8-10H2,(H,18,19). The molecule has 110 valence electrons. The first kappa shape index (κ1) is 15.9. The third-order valence-corrected chi connectivity index (χ3v) is 4.47. The van der Waals surface area contributed by atoms with Crippen LogP contribution in [0.3, 0.4) is 0 Å². The number of hydrogen-bond acceptors (Lipinski definition) is 4. The average molecular weight is 368 g/mol. The summed E-state index contributed by atoms with van der Waals surface area (Å²) in [6, 6.07) is 11.0. The number of rotatable bonds is 7. The molecule has 1 aromatic heterocycles. The second-order valence-corrected chi connectivity index (χ2v) is 6.14. The Bertz CT molecular complexity index is 604. The number of carboxylic acid groups (broad SMARTS) is 1. The van der Waals surface area contributed by atoms with Gasteiger partial charge in [0.1, 0.15) is 10.8 Å². The molecule has 0 saturated heterocycles. The van der Waals surface area contributed by atoms with Gasteiger partial charge >= 0.3 is 5.97 Å². The van der Waals surface area contributed by atoms with Gasteiger partial charge in [-0.1, -0.05) is 12.1 Å². The Morgan fingerprint density at radius 1 is 1.29 bits per heavy atom. The number of carbonyl (C=O) groups is 1. The van der Waals surface area contributed by atoms with Crippen LogP contribution in [-0.4, -0.2) is 28.4 Å². The number of halogens is 1. The minimum atomic E-state index is -0.832. The Kier molecular flexibility index (Phi) is 6.07. The molecule has 21 heavy (non-hydrogen) atoms. The summed E-state index contributed by atoms with van der Waals surface area (Å²) in [5.41, 5.74) is 0.765. The predicted molar refractivity (Wildman–Crippen MR) is 85.9 cm³/mol. The van der Waals surface area contributed by atoms with Gasteiger partial charge < -0.3 is 9.84 Å². The fourth-order valence-electron chi connectivity index (χ4n) is 1.65. The molecule has 0 bridgehead atoms. The zero-order chi connectivity index (χ0) is 15.1. The van der Waals surface area contributed by atoms with Crippen molar-refractivity contribution < 1.29 is 14.6 Å². The largest absolute Gasteiger partial charge is 0.493 e. The number of hydrogen-bond donors (Lipinski definition) is 1. The number of nitrogens with zero attached hydrogens (tertiary/aromatic N) is 1. The lowest BCUT2D eigenvalue weighted by Crippen LogP contribution is -2.02. The Morgan fingerprint density at radius 2 is 2.05 bits per heavy atom. The van der Waals surface area contributed by atoms with Crippen molar-refractivity contribution in [3.63, 3.8) is 0 Å². The summed E-state index contributed by atoms with van der Waals surface area (Å²) in [6.45, 7) is 0.561. The highest BCUT2D eigenvalue weighted by Gasteiger charge is 2.02. The molecular formula is C15H14BrNO3S. The summed E-state index contributed by atoms with van der Waals surface area (Å²) >= 11 is 5.07. The van der Waals surface area contributed by atoms with Crippen molar-refractivity contribution in [1.29, 1.82) is 0 Å². The molecule has 4 nitrogen and oxygen atoms in total. The molecule has 1 aromatic carbocycles. The van der Waals surface area contributed by atoms with Crippen LogP contribution in [0, 0.1) is 0 Å². The molecule has 0 radical (unpaired) electrons. The molecule has 0 fully saturated rings. The van der Waals surface area contributed by atoms with Gasteiger partial charge in [-0.15, -0.1) is 11.8 Å². The molecule has 1 heterocycles. The predicted octanol–water partition coefficient (Wildman–Crippen LogP) is 3.64. The van der Waals surface area contributed by atoms with E-state index in [1.807, 2.05) is 12.1 Å². The summed E-state index contributed by atoms with van der Waals surface area (Å²) in [6.07, 6.45) is 1.79. The van der Waals surface area contributed by atoms with Gasteiger partial charge in [0.15, 0.2) is 0 Å². The van der Waals surface area contributed by atoms with Crippen molar-refractivity contribution in [3.8, 4) is 5.75 Å². The van der Waals surface area contributed by atoms with Gasteiger partial charge in [0.2, 0.25) is 0 Å². The van der Waals surface area contributed by atoms with E-state index in [0.29, 0.717) is 6.61 Å². The van der Waals surface area contributed by atoms with Crippen LogP contribution in [0.2, 0.25) is 0 Å². The summed E-state index contributed by atoms with van der Waals surface area (Å²) in [5, 5.41) is 9.64. The van der Waals surface area contributed by atoms with Gasteiger partial charge in [-0.2, -0.15) is 0 Å². The van der Waals surface area contributed by atoms with Crippen molar-refractivity contribution in [2.45, 2.75) is 11.4 Å². The van der Waals surface area contributed by atoms with Crippen molar-refractivity contribution in [2.75, 3.05) is 12.4 Å². The highest BCUT2D eigenvalue weighted by Crippen LogP contribution is 2.24. The van der Waals surface area contributed by atoms with Crippen LogP contribution in [-0.2, 0) is 11.2 Å². The highest BCUT2D eigenvalue weighted by molar-refractivity contribution is 9.10. The number of aromatic nitrogens is 1. The molecule has 1 N–H and O–H groups in total. The van der Waals surface area contributed by atoms with Crippen LogP contribution in [0.15, 0.2) is 52.1 Å². The van der Waals surface area contributed by atoms with Crippen LogP contribution in [0.4, 0.5) is 0 Å². The van der Waals surface area contributed by atoms with E-state index in [1.165, 1.54) is 0 Å². The summed E-state index contributed by atoms with van der Waals surface area (Å²) in [5.74, 6) is 0.692. The first-order valence-electron chi connectivity index (χ1n) is 6.32. The SMILES string of the molecule is O=C(O)Cc1ccc(OCCSc2ncccc2Br)cc1. The van der Waals surface area contributed by atoms with Crippen molar-refractivity contribution in [2.24, 2.45) is 0 Å². The van der Waals surface area contributed by atoms with Gasteiger partial charge in [-0.05, 0) is 45.8 Å². The molecule has 6 heteroatoms. The first-order valence-corrected chi connectivity index (χ1v) is 8.10. The lowest BCUT2D eigenvalue weighted by atomic mass is 10.1. The highest BCUT2D eigenvalue weighted by atomic mass is 79.9. The van der Waals surface area contributed by atoms with Crippen LogP contribution in [0.25, 0.3) is 0 Å². The maximum atomic E-state index is 10.6. The van der Waals surface area contributed by atoms with E-state index in [2.05, 4.69) is 20.9 Å². The van der Waals surface area contributed by atoms with Crippen LogP contribution in [0.5, 0.6) is 5.75 Å². The second-order valence-electron chi connectivity index (χ2n) is 4.20. The Labute approximate surface area is 135 Å². The molecule has 0 saturated carbocycles. The minimum Gasteiger partial charge on any atom is -0.493 e. The molecule has 2 aromatic rings. The molecule has 0 aliphatic carbocycles. The molecular weight excluding hydrogens is 354 g/mol. The van der Waals surface area contributed by atoms with Crippen molar-refractivity contribution in [3.05, 3.63) is 52.6 Å². The number of carboxylic acids is 1. The number of ether oxygens (including phenoxy) is 1. The molecule has 2 rings (SSSR count). The van der Waals surface area contributed by atoms with Crippen molar-refractivity contribution in [1.82, 2.24) is 4.98 Å². The molecule has 0 atom stereocenters. The molecule has 0 amide bonds. The Hall–Kier alpha value is -1.53. The second kappa shape index (κ2) is 8.05. The van der Waals surface area contributed by atoms with Gasteiger partial charge in [-0.25, -0.2) is 4.98 Å². The topological polar surface area (TPSA) is 59.4 Å². The fraction of sp³-hybridized carbons (Fsp3) is 0.200. The maximum Gasteiger partial charge on any atom is 0.307 e. The molecule has 0 aliphatic rings. The lowest BCUT2D eigenvalue weighted by Gasteiger charge is -2.07. The molecule has 0 aliphatic heterocycles. The van der Waals surface area contributed by atoms with E-state index in [-0.39, 0.29) is 6.42 Å². The monoisotopic (exact) mass is 367 g/mol.